The number of azide groups is 1. The van der Waals surface area contributed by atoms with Crippen LogP contribution >= 0.6 is 0 Å². The van der Waals surface area contributed by atoms with E-state index in [0.717, 1.165) is 19.3 Å². The molecule has 0 bridgehead atoms. The van der Waals surface area contributed by atoms with E-state index < -0.39 is 0 Å². The van der Waals surface area contributed by atoms with Crippen LogP contribution in [-0.2, 0) is 0 Å². The first-order valence-corrected chi connectivity index (χ1v) is 3.59. The molecule has 2 N–H and O–H groups in total. The Balaban J connectivity index is 3.49. The maximum Gasteiger partial charge on any atom is 0.0496 e. The Labute approximate surface area is 61.0 Å². The smallest absolute Gasteiger partial charge is 0.0496 e. The first kappa shape index (κ1) is 9.27. The fourth-order valence-corrected chi connectivity index (χ4v) is 0.736. The molecule has 0 radical (unpaired) electrons. The minimum absolute atomic E-state index is 0.00458. The topological polar surface area (TPSA) is 74.8 Å². The predicted molar refractivity (Wildman–Crippen MR) is 41.5 cm³/mol. The molecule has 10 heavy (non-hydrogen) atoms. The van der Waals surface area contributed by atoms with Crippen LogP contribution in [0, 0.1) is 0 Å². The van der Waals surface area contributed by atoms with Gasteiger partial charge in [0.25, 0.3) is 0 Å². The van der Waals surface area contributed by atoms with Gasteiger partial charge in [0, 0.05) is 17.5 Å². The van der Waals surface area contributed by atoms with E-state index in [9.17, 15) is 0 Å². The van der Waals surface area contributed by atoms with Gasteiger partial charge in [-0.05, 0) is 12.0 Å². The molecule has 0 saturated heterocycles. The SMILES string of the molecule is CCCC[C@@H](CN)N=[N+]=[N-]. The van der Waals surface area contributed by atoms with Gasteiger partial charge in [0.15, 0.2) is 0 Å². The van der Waals surface area contributed by atoms with Gasteiger partial charge in [-0.1, -0.05) is 24.9 Å². The molecule has 0 spiro atoms. The monoisotopic (exact) mass is 142 g/mol. The molecular formula is C6H14N4. The number of unbranched alkanes of at least 4 members (excludes halogenated alkanes) is 1. The fourth-order valence-electron chi connectivity index (χ4n) is 0.736. The highest BCUT2D eigenvalue weighted by atomic mass is 15.1. The molecule has 0 fully saturated rings. The standard InChI is InChI=1S/C6H14N4/c1-2-3-4-6(5-7)9-10-8/h6H,2-5,7H2,1H3/t6-/m0/s1. The molecule has 0 amide bonds. The van der Waals surface area contributed by atoms with E-state index >= 15 is 0 Å². The molecule has 0 rings (SSSR count). The third kappa shape index (κ3) is 4.18. The Hall–Kier alpha value is -0.730. The molecule has 0 unspecified atom stereocenters. The highest BCUT2D eigenvalue weighted by Gasteiger charge is 2.00. The Kier molecular flexibility index (Phi) is 5.92. The van der Waals surface area contributed by atoms with E-state index in [2.05, 4.69) is 16.9 Å². The van der Waals surface area contributed by atoms with Crippen molar-refractivity contribution in [1.82, 2.24) is 0 Å². The Morgan fingerprint density at radius 3 is 2.80 bits per heavy atom. The average Bonchev–Trinajstić information content (AvgIpc) is 1.98. The number of rotatable bonds is 5. The zero-order valence-electron chi connectivity index (χ0n) is 6.32. The second kappa shape index (κ2) is 6.39. The van der Waals surface area contributed by atoms with E-state index in [4.69, 9.17) is 11.3 Å². The van der Waals surface area contributed by atoms with Crippen molar-refractivity contribution in [3.63, 3.8) is 0 Å². The molecule has 58 valence electrons. The number of nitrogens with zero attached hydrogens (tertiary/aromatic N) is 3. The number of nitrogens with two attached hydrogens (primary N) is 1. The average molecular weight is 142 g/mol. The van der Waals surface area contributed by atoms with Crippen molar-refractivity contribution >= 4 is 0 Å². The van der Waals surface area contributed by atoms with Crippen molar-refractivity contribution in [2.75, 3.05) is 6.54 Å². The minimum Gasteiger partial charge on any atom is -0.330 e. The minimum atomic E-state index is 0.00458. The summed E-state index contributed by atoms with van der Waals surface area (Å²) in [5.74, 6) is 0. The van der Waals surface area contributed by atoms with Gasteiger partial charge >= 0.3 is 0 Å². The Morgan fingerprint density at radius 1 is 1.70 bits per heavy atom. The van der Waals surface area contributed by atoms with Crippen molar-refractivity contribution in [3.05, 3.63) is 10.4 Å². The van der Waals surface area contributed by atoms with Crippen molar-refractivity contribution in [3.8, 4) is 0 Å². The lowest BCUT2D eigenvalue weighted by atomic mass is 10.1. The van der Waals surface area contributed by atoms with Crippen LogP contribution in [0.1, 0.15) is 26.2 Å². The van der Waals surface area contributed by atoms with E-state index in [-0.39, 0.29) is 6.04 Å². The van der Waals surface area contributed by atoms with Crippen LogP contribution in [0.4, 0.5) is 0 Å². The van der Waals surface area contributed by atoms with E-state index in [1.54, 1.807) is 0 Å². The summed E-state index contributed by atoms with van der Waals surface area (Å²) < 4.78 is 0. The fraction of sp³-hybridized carbons (Fsp3) is 1.00. The molecule has 1 atom stereocenters. The van der Waals surface area contributed by atoms with Crippen molar-refractivity contribution in [2.45, 2.75) is 32.2 Å². The summed E-state index contributed by atoms with van der Waals surface area (Å²) in [4.78, 5) is 2.70. The summed E-state index contributed by atoms with van der Waals surface area (Å²) >= 11 is 0. The molecule has 0 aliphatic rings. The molecule has 0 aliphatic carbocycles. The van der Waals surface area contributed by atoms with Gasteiger partial charge in [0.1, 0.15) is 0 Å². The summed E-state index contributed by atoms with van der Waals surface area (Å²) in [5.41, 5.74) is 13.4. The second-order valence-electron chi connectivity index (χ2n) is 2.24. The molecule has 0 saturated carbocycles. The summed E-state index contributed by atoms with van der Waals surface area (Å²) in [6.07, 6.45) is 3.12. The molecular weight excluding hydrogens is 128 g/mol. The van der Waals surface area contributed by atoms with Crippen molar-refractivity contribution in [1.29, 1.82) is 0 Å². The van der Waals surface area contributed by atoms with Crippen LogP contribution in [-0.4, -0.2) is 12.6 Å². The first-order valence-electron chi connectivity index (χ1n) is 3.59. The summed E-state index contributed by atoms with van der Waals surface area (Å²) in [5, 5.41) is 3.54. The molecule has 0 heterocycles. The molecule has 0 aromatic rings. The zero-order valence-corrected chi connectivity index (χ0v) is 6.32. The van der Waals surface area contributed by atoms with E-state index in [0.29, 0.717) is 6.54 Å². The molecule has 0 aromatic heterocycles. The number of hydrogen-bond acceptors (Lipinski definition) is 2. The maximum absolute atomic E-state index is 8.07. The molecule has 4 heteroatoms. The quantitative estimate of drug-likeness (QED) is 0.355. The van der Waals surface area contributed by atoms with E-state index in [1.807, 2.05) is 0 Å². The van der Waals surface area contributed by atoms with Gasteiger partial charge in [-0.3, -0.25) is 0 Å². The van der Waals surface area contributed by atoms with Crippen molar-refractivity contribution in [2.24, 2.45) is 10.8 Å². The summed E-state index contributed by atoms with van der Waals surface area (Å²) in [7, 11) is 0. The maximum atomic E-state index is 8.07. The molecule has 0 aliphatic heterocycles. The normalized spacial score (nSPS) is 12.2. The van der Waals surface area contributed by atoms with Crippen molar-refractivity contribution < 1.29 is 0 Å². The van der Waals surface area contributed by atoms with Crippen LogP contribution in [0.3, 0.4) is 0 Å². The number of hydrogen-bond donors (Lipinski definition) is 1. The molecule has 4 nitrogen and oxygen atoms in total. The predicted octanol–water partition coefficient (Wildman–Crippen LogP) is 1.81. The highest BCUT2D eigenvalue weighted by Crippen LogP contribution is 2.02. The van der Waals surface area contributed by atoms with Crippen LogP contribution in [0.2, 0.25) is 0 Å². The van der Waals surface area contributed by atoms with Crippen LogP contribution in [0.15, 0.2) is 5.11 Å². The van der Waals surface area contributed by atoms with Gasteiger partial charge in [-0.15, -0.1) is 0 Å². The zero-order chi connectivity index (χ0) is 7.82. The third-order valence-electron chi connectivity index (χ3n) is 1.38. The third-order valence-corrected chi connectivity index (χ3v) is 1.38. The van der Waals surface area contributed by atoms with Gasteiger partial charge < -0.3 is 5.73 Å². The van der Waals surface area contributed by atoms with Gasteiger partial charge in [-0.25, -0.2) is 0 Å². The molecule has 0 aromatic carbocycles. The lowest BCUT2D eigenvalue weighted by Crippen LogP contribution is -2.16. The van der Waals surface area contributed by atoms with Crippen LogP contribution in [0.5, 0.6) is 0 Å². The Morgan fingerprint density at radius 2 is 2.40 bits per heavy atom. The van der Waals surface area contributed by atoms with Gasteiger partial charge in [0.2, 0.25) is 0 Å². The van der Waals surface area contributed by atoms with Gasteiger partial charge in [-0.2, -0.15) is 0 Å². The first-order chi connectivity index (χ1) is 4.85. The highest BCUT2D eigenvalue weighted by molar-refractivity contribution is 4.66. The lowest BCUT2D eigenvalue weighted by Gasteiger charge is -2.04. The largest absolute Gasteiger partial charge is 0.330 e. The Bertz CT molecular complexity index is 117. The van der Waals surface area contributed by atoms with Crippen LogP contribution in [0.25, 0.3) is 10.4 Å². The van der Waals surface area contributed by atoms with Gasteiger partial charge in [0.05, 0.1) is 0 Å². The second-order valence-corrected chi connectivity index (χ2v) is 2.24. The van der Waals surface area contributed by atoms with E-state index in [1.165, 1.54) is 0 Å². The summed E-state index contributed by atoms with van der Waals surface area (Å²) in [6.45, 7) is 2.56. The van der Waals surface area contributed by atoms with Crippen LogP contribution < -0.4 is 5.73 Å². The lowest BCUT2D eigenvalue weighted by molar-refractivity contribution is 0.581. The summed E-state index contributed by atoms with van der Waals surface area (Å²) in [6, 6.07) is 0.00458.